The first-order chi connectivity index (χ1) is 9.08. The topological polar surface area (TPSA) is 35.2 Å². The molecule has 0 radical (unpaired) electrons. The van der Waals surface area contributed by atoms with Crippen LogP contribution in [0.2, 0.25) is 10.0 Å². The summed E-state index contributed by atoms with van der Waals surface area (Å²) < 4.78 is 5.72. The summed E-state index contributed by atoms with van der Waals surface area (Å²) in [5, 5.41) is 1.12. The van der Waals surface area contributed by atoms with Gasteiger partial charge in [-0.25, -0.2) is 0 Å². The Balaban J connectivity index is 2.88. The molecule has 0 fully saturated rings. The summed E-state index contributed by atoms with van der Waals surface area (Å²) in [6, 6.07) is 3.63. The van der Waals surface area contributed by atoms with Crippen LogP contribution in [0.3, 0.4) is 0 Å². The summed E-state index contributed by atoms with van der Waals surface area (Å²) in [5.41, 5.74) is 6.94. The van der Waals surface area contributed by atoms with E-state index in [0.29, 0.717) is 35.2 Å². The largest absolute Gasteiger partial charge is 0.491 e. The van der Waals surface area contributed by atoms with Gasteiger partial charge in [0, 0.05) is 17.5 Å². The fourth-order valence-electron chi connectivity index (χ4n) is 1.68. The molecule has 19 heavy (non-hydrogen) atoms. The van der Waals surface area contributed by atoms with Crippen molar-refractivity contribution in [1.29, 1.82) is 0 Å². The average molecular weight is 300 g/mol. The lowest BCUT2D eigenvalue weighted by atomic mass is 10.0. The van der Waals surface area contributed by atoms with Gasteiger partial charge in [0.25, 0.3) is 0 Å². The molecule has 0 aliphatic carbocycles. The standard InChI is InChI=1S/C15H19Cl2NO/c1-3-5-6-7-19-15-11(9-13(18)4-2)8-12(16)10-14(15)17/h8,10,13H,4,6-7,9,18H2,1-2H3. The van der Waals surface area contributed by atoms with E-state index in [0.717, 1.165) is 12.0 Å². The molecule has 1 atom stereocenters. The SMILES string of the molecule is CC#CCCOc1c(Cl)cc(Cl)cc1CC(N)CC. The minimum Gasteiger partial charge on any atom is -0.491 e. The zero-order valence-corrected chi connectivity index (χ0v) is 12.8. The van der Waals surface area contributed by atoms with Gasteiger partial charge in [-0.15, -0.1) is 11.8 Å². The number of halogens is 2. The van der Waals surface area contributed by atoms with Crippen molar-refractivity contribution in [2.24, 2.45) is 5.73 Å². The maximum atomic E-state index is 6.19. The van der Waals surface area contributed by atoms with Crippen molar-refractivity contribution in [3.8, 4) is 17.6 Å². The molecule has 2 nitrogen and oxygen atoms in total. The molecule has 0 amide bonds. The van der Waals surface area contributed by atoms with Gasteiger partial charge in [0.05, 0.1) is 11.6 Å². The smallest absolute Gasteiger partial charge is 0.141 e. The van der Waals surface area contributed by atoms with E-state index in [-0.39, 0.29) is 6.04 Å². The van der Waals surface area contributed by atoms with Gasteiger partial charge in [0.2, 0.25) is 0 Å². The third kappa shape index (κ3) is 5.32. The Morgan fingerprint density at radius 3 is 2.74 bits per heavy atom. The van der Waals surface area contributed by atoms with Crippen molar-refractivity contribution in [2.45, 2.75) is 39.2 Å². The molecule has 1 aromatic rings. The zero-order chi connectivity index (χ0) is 14.3. The van der Waals surface area contributed by atoms with Crippen molar-refractivity contribution in [3.05, 3.63) is 27.7 Å². The molecule has 0 bridgehead atoms. The van der Waals surface area contributed by atoms with Crippen molar-refractivity contribution < 1.29 is 4.74 Å². The lowest BCUT2D eigenvalue weighted by molar-refractivity contribution is 0.323. The van der Waals surface area contributed by atoms with E-state index in [2.05, 4.69) is 11.8 Å². The van der Waals surface area contributed by atoms with Crippen LogP contribution in [-0.2, 0) is 6.42 Å². The van der Waals surface area contributed by atoms with Gasteiger partial charge < -0.3 is 10.5 Å². The quantitative estimate of drug-likeness (QED) is 0.635. The summed E-state index contributed by atoms with van der Waals surface area (Å²) in [5.74, 6) is 6.46. The van der Waals surface area contributed by atoms with Crippen molar-refractivity contribution in [2.75, 3.05) is 6.61 Å². The van der Waals surface area contributed by atoms with Crippen LogP contribution < -0.4 is 10.5 Å². The normalized spacial score (nSPS) is 11.6. The fraction of sp³-hybridized carbons (Fsp3) is 0.467. The van der Waals surface area contributed by atoms with Crippen LogP contribution in [0, 0.1) is 11.8 Å². The molecular formula is C15H19Cl2NO. The predicted octanol–water partition coefficient (Wildman–Crippen LogP) is 4.07. The van der Waals surface area contributed by atoms with Gasteiger partial charge in [-0.05, 0) is 37.5 Å². The molecule has 104 valence electrons. The monoisotopic (exact) mass is 299 g/mol. The third-order valence-corrected chi connectivity index (χ3v) is 3.24. The Morgan fingerprint density at radius 1 is 1.37 bits per heavy atom. The summed E-state index contributed by atoms with van der Waals surface area (Å²) in [6.45, 7) is 4.37. The van der Waals surface area contributed by atoms with E-state index < -0.39 is 0 Å². The van der Waals surface area contributed by atoms with E-state index in [1.807, 2.05) is 13.0 Å². The van der Waals surface area contributed by atoms with Crippen LogP contribution in [0.1, 0.15) is 32.3 Å². The highest BCUT2D eigenvalue weighted by Crippen LogP contribution is 2.33. The Morgan fingerprint density at radius 2 is 2.11 bits per heavy atom. The molecule has 1 aromatic carbocycles. The first-order valence-corrected chi connectivity index (χ1v) is 7.10. The Kier molecular flexibility index (Phi) is 7.09. The molecule has 0 aromatic heterocycles. The Hall–Kier alpha value is -0.880. The Labute approximate surface area is 125 Å². The van der Waals surface area contributed by atoms with Gasteiger partial charge in [-0.2, -0.15) is 0 Å². The molecule has 0 aliphatic heterocycles. The number of hydrogen-bond donors (Lipinski definition) is 1. The maximum Gasteiger partial charge on any atom is 0.141 e. The molecule has 0 aliphatic rings. The highest BCUT2D eigenvalue weighted by atomic mass is 35.5. The molecule has 0 heterocycles. The molecule has 4 heteroatoms. The highest BCUT2D eigenvalue weighted by Gasteiger charge is 2.13. The summed E-state index contributed by atoms with van der Waals surface area (Å²) >= 11 is 12.2. The number of nitrogens with two attached hydrogens (primary N) is 1. The Bertz CT molecular complexity index is 477. The molecule has 1 rings (SSSR count). The van der Waals surface area contributed by atoms with Gasteiger partial charge in [-0.1, -0.05) is 30.1 Å². The van der Waals surface area contributed by atoms with Gasteiger partial charge >= 0.3 is 0 Å². The van der Waals surface area contributed by atoms with E-state index in [1.165, 1.54) is 0 Å². The number of benzene rings is 1. The molecular weight excluding hydrogens is 281 g/mol. The lowest BCUT2D eigenvalue weighted by Crippen LogP contribution is -2.21. The molecule has 1 unspecified atom stereocenters. The van der Waals surface area contributed by atoms with Crippen LogP contribution in [0.5, 0.6) is 5.75 Å². The van der Waals surface area contributed by atoms with Crippen molar-refractivity contribution >= 4 is 23.2 Å². The number of rotatable bonds is 6. The van der Waals surface area contributed by atoms with Gasteiger partial charge in [-0.3, -0.25) is 0 Å². The lowest BCUT2D eigenvalue weighted by Gasteiger charge is -2.16. The summed E-state index contributed by atoms with van der Waals surface area (Å²) in [4.78, 5) is 0. The summed E-state index contributed by atoms with van der Waals surface area (Å²) in [7, 11) is 0. The van der Waals surface area contributed by atoms with E-state index in [9.17, 15) is 0 Å². The van der Waals surface area contributed by atoms with Crippen LogP contribution in [0.15, 0.2) is 12.1 Å². The fourth-order valence-corrected chi connectivity index (χ4v) is 2.27. The zero-order valence-electron chi connectivity index (χ0n) is 11.3. The van der Waals surface area contributed by atoms with Crippen LogP contribution >= 0.6 is 23.2 Å². The van der Waals surface area contributed by atoms with Crippen LogP contribution in [0.4, 0.5) is 0 Å². The van der Waals surface area contributed by atoms with E-state index in [4.69, 9.17) is 33.7 Å². The maximum absolute atomic E-state index is 6.19. The second-order valence-electron chi connectivity index (χ2n) is 4.27. The molecule has 0 saturated carbocycles. The summed E-state index contributed by atoms with van der Waals surface area (Å²) in [6.07, 6.45) is 2.27. The number of ether oxygens (including phenoxy) is 1. The van der Waals surface area contributed by atoms with E-state index >= 15 is 0 Å². The second-order valence-corrected chi connectivity index (χ2v) is 5.12. The molecule has 2 N–H and O–H groups in total. The van der Waals surface area contributed by atoms with Crippen LogP contribution in [-0.4, -0.2) is 12.6 Å². The highest BCUT2D eigenvalue weighted by molar-refractivity contribution is 6.35. The van der Waals surface area contributed by atoms with Gasteiger partial charge in [0.15, 0.2) is 0 Å². The average Bonchev–Trinajstić information content (AvgIpc) is 2.36. The van der Waals surface area contributed by atoms with Crippen LogP contribution in [0.25, 0.3) is 0 Å². The van der Waals surface area contributed by atoms with Crippen molar-refractivity contribution in [1.82, 2.24) is 0 Å². The van der Waals surface area contributed by atoms with Gasteiger partial charge in [0.1, 0.15) is 5.75 Å². The first-order valence-electron chi connectivity index (χ1n) is 6.34. The molecule has 0 saturated heterocycles. The minimum absolute atomic E-state index is 0.0762. The van der Waals surface area contributed by atoms with E-state index in [1.54, 1.807) is 13.0 Å². The molecule has 0 spiro atoms. The number of hydrogen-bond acceptors (Lipinski definition) is 2. The minimum atomic E-state index is 0.0762. The third-order valence-electron chi connectivity index (χ3n) is 2.74. The first kappa shape index (κ1) is 16.2. The predicted molar refractivity (Wildman–Crippen MR) is 82.0 cm³/mol. The van der Waals surface area contributed by atoms with Crippen molar-refractivity contribution in [3.63, 3.8) is 0 Å². The second kappa shape index (κ2) is 8.32.